The molecular formula is C92H78F21N7O6. The second-order valence-corrected chi connectivity index (χ2v) is 32.1. The van der Waals surface area contributed by atoms with Crippen molar-refractivity contribution in [2.75, 3.05) is 19.6 Å². The highest BCUT2D eigenvalue weighted by molar-refractivity contribution is 5.98. The second-order valence-electron chi connectivity index (χ2n) is 32.1. The van der Waals surface area contributed by atoms with E-state index in [0.29, 0.717) is 78.9 Å². The summed E-state index contributed by atoms with van der Waals surface area (Å²) in [5.74, 6) is -3.83. The van der Waals surface area contributed by atoms with E-state index in [1.807, 2.05) is 48.7 Å². The Kier molecular flexibility index (Phi) is 26.1. The van der Waals surface area contributed by atoms with Crippen LogP contribution in [0, 0.1) is 17.5 Å². The van der Waals surface area contributed by atoms with Crippen LogP contribution in [0.3, 0.4) is 0 Å². The van der Waals surface area contributed by atoms with Crippen LogP contribution < -0.4 is 0 Å². The fourth-order valence-electron chi connectivity index (χ4n) is 18.0. The van der Waals surface area contributed by atoms with Crippen LogP contribution in [0.4, 0.5) is 92.2 Å². The molecule has 7 aromatic carbocycles. The highest BCUT2D eigenvalue weighted by Gasteiger charge is 2.54. The molecule has 34 heteroatoms. The smallest absolute Gasteiger partial charge is 0.368 e. The minimum absolute atomic E-state index is 0.0566. The number of halogens is 21. The van der Waals surface area contributed by atoms with Gasteiger partial charge in [-0.1, -0.05) is 66.7 Å². The van der Waals surface area contributed by atoms with Gasteiger partial charge in [-0.3, -0.25) is 29.0 Å². The fraction of sp³-hybridized carbons (Fsp3) is 0.348. The zero-order valence-electron chi connectivity index (χ0n) is 66.8. The van der Waals surface area contributed by atoms with E-state index in [0.717, 1.165) is 27.8 Å². The maximum absolute atomic E-state index is 13.9. The first kappa shape index (κ1) is 90.8. The summed E-state index contributed by atoms with van der Waals surface area (Å²) in [6.07, 6.45) is -22.3. The molecule has 0 spiro atoms. The van der Waals surface area contributed by atoms with Crippen LogP contribution in [0.1, 0.15) is 190 Å². The minimum Gasteiger partial charge on any atom is -0.368 e. The van der Waals surface area contributed by atoms with E-state index in [9.17, 15) is 107 Å². The van der Waals surface area contributed by atoms with Crippen LogP contribution in [0.15, 0.2) is 225 Å². The third-order valence-electron chi connectivity index (χ3n) is 24.0. The quantitative estimate of drug-likeness (QED) is 0.0817. The van der Waals surface area contributed by atoms with E-state index in [1.54, 1.807) is 98.9 Å². The van der Waals surface area contributed by atoms with Gasteiger partial charge in [-0.2, -0.15) is 84.1 Å². The van der Waals surface area contributed by atoms with Gasteiger partial charge in [0.2, 0.25) is 17.7 Å². The van der Waals surface area contributed by atoms with E-state index >= 15 is 0 Å². The van der Waals surface area contributed by atoms with E-state index in [-0.39, 0.29) is 103 Å². The molecule has 5 saturated heterocycles. The molecule has 13 nitrogen and oxygen atoms in total. The highest BCUT2D eigenvalue weighted by Crippen LogP contribution is 2.52. The van der Waals surface area contributed by atoms with Crippen molar-refractivity contribution in [3.63, 3.8) is 0 Å². The van der Waals surface area contributed by atoms with Crippen molar-refractivity contribution >= 4 is 23.3 Å². The van der Waals surface area contributed by atoms with Gasteiger partial charge in [-0.25, -0.2) is 13.2 Å². The third-order valence-corrected chi connectivity index (χ3v) is 24.0. The molecule has 14 atom stereocenters. The number of carbonyl (C=O) groups excluding carboxylic acids is 3. The monoisotopic (exact) mass is 1780 g/mol. The Balaban J connectivity index is 0.000000154. The zero-order valence-corrected chi connectivity index (χ0v) is 66.8. The molecule has 126 heavy (non-hydrogen) atoms. The molecule has 0 bridgehead atoms. The van der Waals surface area contributed by atoms with Crippen molar-refractivity contribution in [1.29, 1.82) is 0 Å². The molecule has 664 valence electrons. The predicted octanol–water partition coefficient (Wildman–Crippen LogP) is 22.6. The molecule has 6 aliphatic heterocycles. The number of fused-ring (bicyclic) bond motifs is 3. The molecular weight excluding hydrogens is 1700 g/mol. The predicted molar refractivity (Wildman–Crippen MR) is 416 cm³/mol. The van der Waals surface area contributed by atoms with E-state index in [1.165, 1.54) is 63.2 Å². The number of hydrogen-bond donors (Lipinski definition) is 0. The van der Waals surface area contributed by atoms with Crippen LogP contribution in [-0.2, 0) is 72.2 Å². The summed E-state index contributed by atoms with van der Waals surface area (Å²) in [4.78, 5) is 52.9. The molecule has 6 aliphatic rings. The van der Waals surface area contributed by atoms with E-state index in [4.69, 9.17) is 14.2 Å². The molecule has 0 aliphatic carbocycles. The number of pyridine rings is 2. The Hall–Kier alpha value is -11.4. The number of rotatable bonds is 17. The highest BCUT2D eigenvalue weighted by atomic mass is 19.4. The summed E-state index contributed by atoms with van der Waals surface area (Å²) in [5.41, 5.74) is -3.11. The first-order valence-electron chi connectivity index (χ1n) is 40.0. The standard InChI is InChI=1S/C34H30F7N3O2.C29H25F7N2O2.C29H23F7N2O2/c1-20(23-11-26(33(36,37)38)15-27(12-23)34(39,40)41)46-30-19-44-29(32(30)22-7-9-28(35)10-8-22)13-24(14-31(44)45)25-16-42-43(18-25)17-21-5-3-2-4-6-21;2*1-16(19-10-21(28(31,32)33)14-22(11-19)29(34,35)36)40-25-15-38-24(27(25)18-2-4-23(30)5-3-18)12-20(13-26(38)39)17-6-8-37-9-7-17/h2-12,15-16,18,20,24,29-30,32H,13-14,17,19H2,1H3;2-11,14,16,20,24-25,27H,12-13,15H2,1H3;2-11,13-14,16,24-25,27H,12,15H2,1H3/t20-,24?,29?,30?,32+;16-,20?,24?,25?,27+;16-,24?,25?,27+/m111/s1. The van der Waals surface area contributed by atoms with Gasteiger partial charge in [0, 0.05) is 105 Å². The first-order chi connectivity index (χ1) is 59.4. The van der Waals surface area contributed by atoms with Crippen molar-refractivity contribution in [2.24, 2.45) is 0 Å². The molecule has 0 N–H and O–H groups in total. The topological polar surface area (TPSA) is 132 Å². The van der Waals surface area contributed by atoms with Crippen molar-refractivity contribution in [1.82, 2.24) is 34.4 Å². The molecule has 0 saturated carbocycles. The number of aromatic nitrogens is 4. The average Bonchev–Trinajstić information content (AvgIpc) is 1.62. The maximum atomic E-state index is 13.9. The molecule has 16 rings (SSSR count). The van der Waals surface area contributed by atoms with E-state index < -0.39 is 154 Å². The van der Waals surface area contributed by atoms with Crippen LogP contribution in [0.25, 0.3) is 5.57 Å². The lowest BCUT2D eigenvalue weighted by atomic mass is 9.79. The van der Waals surface area contributed by atoms with Gasteiger partial charge in [-0.15, -0.1) is 0 Å². The number of ether oxygens (including phenoxy) is 3. The van der Waals surface area contributed by atoms with Gasteiger partial charge < -0.3 is 28.9 Å². The lowest BCUT2D eigenvalue weighted by Crippen LogP contribution is -2.43. The van der Waals surface area contributed by atoms with Crippen molar-refractivity contribution in [3.8, 4) is 0 Å². The number of carbonyl (C=O) groups is 3. The van der Waals surface area contributed by atoms with Gasteiger partial charge in [0.25, 0.3) is 0 Å². The zero-order chi connectivity index (χ0) is 90.4. The van der Waals surface area contributed by atoms with Crippen LogP contribution in [0.2, 0.25) is 0 Å². The van der Waals surface area contributed by atoms with Crippen LogP contribution in [-0.4, -0.2) is 108 Å². The number of nitrogens with zero attached hydrogens (tertiary/aromatic N) is 7. The average molecular weight is 1780 g/mol. The number of benzene rings is 7. The minimum atomic E-state index is -5.00. The number of alkyl halides is 18. The normalized spacial score (nSPS) is 23.0. The molecule has 9 heterocycles. The van der Waals surface area contributed by atoms with Crippen molar-refractivity contribution in [3.05, 3.63) is 332 Å². The Morgan fingerprint density at radius 1 is 0.381 bits per heavy atom. The van der Waals surface area contributed by atoms with Crippen molar-refractivity contribution in [2.45, 2.75) is 181 Å². The summed E-state index contributed by atoms with van der Waals surface area (Å²) < 4.78 is 305. The molecule has 8 unspecified atom stereocenters. The molecule has 3 aromatic heterocycles. The van der Waals surface area contributed by atoms with Gasteiger partial charge in [-0.05, 0) is 228 Å². The summed E-state index contributed by atoms with van der Waals surface area (Å²) >= 11 is 0. The SMILES string of the molecule is C[C@@H](OC1CN2C(=O)C=C(c3ccncc3)CC2[C@@H]1c1ccc(F)cc1)c1cc(C(F)(F)F)cc(C(F)(F)F)c1.C[C@@H](OC1CN2C(=O)CC(c3ccncc3)CC2[C@@H]1c1ccc(F)cc1)c1cc(C(F)(F)F)cc(C(F)(F)F)c1.C[C@@H](OC1CN2C(=O)CC(c3cnn(Cc4ccccc4)c3)CC2[C@@H]1c1ccc(F)cc1)c1cc(C(F)(F)F)cc(C(F)(F)F)c1. The largest absolute Gasteiger partial charge is 0.416 e. The Morgan fingerprint density at radius 3 is 1.07 bits per heavy atom. The molecule has 5 fully saturated rings. The summed E-state index contributed by atoms with van der Waals surface area (Å²) in [6.45, 7) is 4.94. The number of amides is 3. The van der Waals surface area contributed by atoms with Crippen LogP contribution in [0.5, 0.6) is 0 Å². The van der Waals surface area contributed by atoms with E-state index in [2.05, 4.69) is 15.1 Å². The van der Waals surface area contributed by atoms with Gasteiger partial charge in [0.1, 0.15) is 17.5 Å². The number of piperidine rings is 2. The first-order valence-corrected chi connectivity index (χ1v) is 40.0. The Morgan fingerprint density at radius 2 is 0.714 bits per heavy atom. The fourth-order valence-corrected chi connectivity index (χ4v) is 18.0. The van der Waals surface area contributed by atoms with Gasteiger partial charge >= 0.3 is 37.1 Å². The lowest BCUT2D eigenvalue weighted by Gasteiger charge is -2.37. The van der Waals surface area contributed by atoms with Crippen molar-refractivity contribution < 1.29 is 121 Å². The summed E-state index contributed by atoms with van der Waals surface area (Å²) in [7, 11) is 0. The number of hydrogen-bond acceptors (Lipinski definition) is 9. The van der Waals surface area contributed by atoms with Crippen LogP contribution >= 0.6 is 0 Å². The molecule has 3 amide bonds. The second kappa shape index (κ2) is 36.2. The Labute approximate surface area is 707 Å². The third kappa shape index (κ3) is 20.8. The lowest BCUT2D eigenvalue weighted by molar-refractivity contribution is -0.145. The molecule has 0 radical (unpaired) electrons. The van der Waals surface area contributed by atoms with Gasteiger partial charge in [0.05, 0.1) is 82.7 Å². The maximum Gasteiger partial charge on any atom is 0.416 e. The van der Waals surface area contributed by atoms with Gasteiger partial charge in [0.15, 0.2) is 0 Å². The summed E-state index contributed by atoms with van der Waals surface area (Å²) in [5, 5.41) is 4.49. The molecule has 10 aromatic rings. The summed E-state index contributed by atoms with van der Waals surface area (Å²) in [6, 6.07) is 36.8. The Bertz CT molecular complexity index is 5360.